The molecule has 0 saturated carbocycles. The Morgan fingerprint density at radius 3 is 1.12 bits per heavy atom. The van der Waals surface area contributed by atoms with E-state index in [1.165, 1.54) is 65.9 Å². The van der Waals surface area contributed by atoms with Gasteiger partial charge in [-0.15, -0.1) is 0 Å². The van der Waals surface area contributed by atoms with Crippen LogP contribution in [0.5, 0.6) is 0 Å². The first-order valence-electron chi connectivity index (χ1n) is 24.8. The molecule has 4 nitrogen and oxygen atoms in total. The Morgan fingerprint density at radius 2 is 0.681 bits per heavy atom. The van der Waals surface area contributed by atoms with Gasteiger partial charge in [-0.1, -0.05) is 170 Å². The van der Waals surface area contributed by atoms with Gasteiger partial charge in [0, 0.05) is 54.8 Å². The maximum absolute atomic E-state index is 6.60. The number of fused-ring (bicyclic) bond motifs is 6. The minimum absolute atomic E-state index is 0.896. The van der Waals surface area contributed by atoms with Gasteiger partial charge in [-0.2, -0.15) is 0 Å². The summed E-state index contributed by atoms with van der Waals surface area (Å²) in [5.74, 6) is 0. The van der Waals surface area contributed by atoms with Crippen LogP contribution in [0.4, 0.5) is 34.1 Å². The zero-order valence-electron chi connectivity index (χ0n) is 40.5. The number of hydrogen-bond donors (Lipinski definition) is 0. The topological polar surface area (TPSA) is 32.8 Å². The average Bonchev–Trinajstić information content (AvgIpc) is 3.99. The molecule has 0 N–H and O–H groups in total. The molecule has 0 atom stereocenters. The van der Waals surface area contributed by atoms with Crippen LogP contribution in [0.2, 0.25) is 0 Å². The third-order valence-electron chi connectivity index (χ3n) is 15.1. The molecule has 0 aliphatic carbocycles. The van der Waals surface area contributed by atoms with E-state index in [4.69, 9.17) is 8.83 Å². The van der Waals surface area contributed by atoms with Crippen molar-refractivity contribution < 1.29 is 8.83 Å². The number of nitrogens with zero attached hydrogens (tertiary/aromatic N) is 2. The molecule has 342 valence electrons. The maximum Gasteiger partial charge on any atom is 0.143 e. The summed E-state index contributed by atoms with van der Waals surface area (Å²) in [6.07, 6.45) is 0. The molecule has 0 fully saturated rings. The molecule has 0 saturated heterocycles. The number of furan rings is 2. The Hall–Kier alpha value is -9.12. The fourth-order valence-electron chi connectivity index (χ4n) is 11.8. The fourth-order valence-corrected chi connectivity index (χ4v) is 11.8. The molecule has 72 heavy (non-hydrogen) atoms. The highest BCUT2D eigenvalue weighted by Crippen LogP contribution is 2.50. The molecule has 2 aromatic heterocycles. The highest BCUT2D eigenvalue weighted by atomic mass is 16.3. The van der Waals surface area contributed by atoms with Crippen LogP contribution in [0.1, 0.15) is 22.3 Å². The van der Waals surface area contributed by atoms with Crippen LogP contribution in [0.3, 0.4) is 0 Å². The molecule has 0 amide bonds. The lowest BCUT2D eigenvalue weighted by atomic mass is 9.91. The summed E-state index contributed by atoms with van der Waals surface area (Å²) in [5, 5.41) is 11.8. The normalized spacial score (nSPS) is 11.9. The summed E-state index contributed by atoms with van der Waals surface area (Å²) in [6.45, 7) is 8.91. The molecule has 0 aliphatic heterocycles. The van der Waals surface area contributed by atoms with E-state index in [0.29, 0.717) is 0 Å². The van der Waals surface area contributed by atoms with Gasteiger partial charge in [0.1, 0.15) is 22.3 Å². The predicted octanol–water partition coefficient (Wildman–Crippen LogP) is 19.9. The summed E-state index contributed by atoms with van der Waals surface area (Å²) in [6, 6.07) is 79.3. The van der Waals surface area contributed by atoms with E-state index in [2.05, 4.69) is 244 Å². The Labute approximate surface area is 417 Å². The standard InChI is InChI=1S/C68H48N2O2/c1-41-15-9-16-42(2)65(41)69(49-21-11-19-47(39-49)51-25-13-27-55-53-23-5-7-29-61(53)71-67(51)55)59-37-33-45-32-36-58-60(38-34-46-31-35-57(59)63(45)64(46)58)70(66-43(3)17-10-18-44(66)4)50-22-12-20-48(40-50)52-26-14-28-56-54-24-6-8-30-62(54)72-68(52)56/h5-40H,1-4H3. The number of rotatable bonds is 8. The average molecular weight is 925 g/mol. The predicted molar refractivity (Wildman–Crippen MR) is 304 cm³/mol. The van der Waals surface area contributed by atoms with Gasteiger partial charge in [0.25, 0.3) is 0 Å². The van der Waals surface area contributed by atoms with Gasteiger partial charge in [-0.05, 0) is 131 Å². The summed E-state index contributed by atoms with van der Waals surface area (Å²) in [7, 11) is 0. The third-order valence-corrected chi connectivity index (χ3v) is 15.1. The van der Waals surface area contributed by atoms with Crippen LogP contribution in [-0.2, 0) is 0 Å². The van der Waals surface area contributed by atoms with Crippen molar-refractivity contribution in [3.8, 4) is 22.3 Å². The minimum atomic E-state index is 0.896. The van der Waals surface area contributed by atoms with E-state index < -0.39 is 0 Å². The zero-order chi connectivity index (χ0) is 48.2. The Kier molecular flexibility index (Phi) is 9.43. The van der Waals surface area contributed by atoms with Crippen LogP contribution >= 0.6 is 0 Å². The number of aryl methyl sites for hydroxylation is 4. The second kappa shape index (κ2) is 16.2. The summed E-state index contributed by atoms with van der Waals surface area (Å²) < 4.78 is 13.2. The van der Waals surface area contributed by atoms with Crippen molar-refractivity contribution in [1.29, 1.82) is 0 Å². The van der Waals surface area contributed by atoms with Crippen molar-refractivity contribution in [1.82, 2.24) is 0 Å². The quantitative estimate of drug-likeness (QED) is 0.142. The fraction of sp³-hybridized carbons (Fsp3) is 0.0588. The number of benzene rings is 12. The summed E-state index contributed by atoms with van der Waals surface area (Å²) in [4.78, 5) is 4.97. The van der Waals surface area contributed by atoms with Gasteiger partial charge in [-0.3, -0.25) is 0 Å². The smallest absolute Gasteiger partial charge is 0.143 e. The first-order valence-corrected chi connectivity index (χ1v) is 24.8. The monoisotopic (exact) mass is 924 g/mol. The van der Waals surface area contributed by atoms with E-state index in [0.717, 1.165) is 88.9 Å². The largest absolute Gasteiger partial charge is 0.455 e. The van der Waals surface area contributed by atoms with Crippen molar-refractivity contribution in [2.45, 2.75) is 27.7 Å². The zero-order valence-corrected chi connectivity index (χ0v) is 40.5. The second-order valence-corrected chi connectivity index (χ2v) is 19.4. The second-order valence-electron chi connectivity index (χ2n) is 19.4. The Bertz CT molecular complexity index is 4150. The molecular formula is C68H48N2O2. The van der Waals surface area contributed by atoms with Gasteiger partial charge in [0.2, 0.25) is 0 Å². The van der Waals surface area contributed by atoms with Crippen LogP contribution in [0.25, 0.3) is 98.4 Å². The highest BCUT2D eigenvalue weighted by molar-refractivity contribution is 6.28. The lowest BCUT2D eigenvalue weighted by molar-refractivity contribution is 0.669. The SMILES string of the molecule is Cc1cccc(C)c1N(c1cccc(-c2cccc3c2oc2ccccc23)c1)c1ccc2ccc3c(N(c4cccc(-c5cccc6c5oc5ccccc56)c4)c4c(C)cccc4C)ccc4ccc1c2c43. The van der Waals surface area contributed by atoms with Gasteiger partial charge in [0.15, 0.2) is 0 Å². The van der Waals surface area contributed by atoms with Crippen molar-refractivity contribution in [2.24, 2.45) is 0 Å². The van der Waals surface area contributed by atoms with Gasteiger partial charge in [-0.25, -0.2) is 0 Å². The summed E-state index contributed by atoms with van der Waals surface area (Å²) >= 11 is 0. The molecule has 0 unspecified atom stereocenters. The van der Waals surface area contributed by atoms with Gasteiger partial charge in [0.05, 0.1) is 22.7 Å². The van der Waals surface area contributed by atoms with E-state index in [9.17, 15) is 0 Å². The van der Waals surface area contributed by atoms with Crippen molar-refractivity contribution in [3.05, 3.63) is 241 Å². The van der Waals surface area contributed by atoms with Crippen LogP contribution in [0, 0.1) is 27.7 Å². The van der Waals surface area contributed by atoms with Crippen LogP contribution in [0.15, 0.2) is 227 Å². The van der Waals surface area contributed by atoms with E-state index in [1.54, 1.807) is 0 Å². The molecule has 14 aromatic rings. The molecular weight excluding hydrogens is 877 g/mol. The third kappa shape index (κ3) is 6.39. The van der Waals surface area contributed by atoms with Gasteiger partial charge < -0.3 is 18.6 Å². The highest BCUT2D eigenvalue weighted by Gasteiger charge is 2.26. The van der Waals surface area contributed by atoms with Gasteiger partial charge >= 0.3 is 0 Å². The van der Waals surface area contributed by atoms with Crippen molar-refractivity contribution in [2.75, 3.05) is 9.80 Å². The number of para-hydroxylation sites is 6. The molecule has 12 aromatic carbocycles. The lowest BCUT2D eigenvalue weighted by Gasteiger charge is -2.32. The van der Waals surface area contributed by atoms with Crippen LogP contribution in [-0.4, -0.2) is 0 Å². The Balaban J connectivity index is 0.977. The number of hydrogen-bond acceptors (Lipinski definition) is 4. The summed E-state index contributed by atoms with van der Waals surface area (Å²) in [5.41, 5.74) is 19.5. The first-order chi connectivity index (χ1) is 35.4. The number of anilines is 6. The molecule has 0 aliphatic rings. The maximum atomic E-state index is 6.60. The van der Waals surface area contributed by atoms with Crippen molar-refractivity contribution >= 4 is 110 Å². The van der Waals surface area contributed by atoms with Crippen LogP contribution < -0.4 is 9.80 Å². The molecule has 14 rings (SSSR count). The molecule has 0 spiro atoms. The van der Waals surface area contributed by atoms with E-state index >= 15 is 0 Å². The van der Waals surface area contributed by atoms with E-state index in [-0.39, 0.29) is 0 Å². The molecule has 4 heteroatoms. The molecule has 0 radical (unpaired) electrons. The molecule has 0 bridgehead atoms. The minimum Gasteiger partial charge on any atom is -0.455 e. The molecule has 2 heterocycles. The van der Waals surface area contributed by atoms with E-state index in [1.807, 2.05) is 12.1 Å². The Morgan fingerprint density at radius 1 is 0.306 bits per heavy atom. The lowest BCUT2D eigenvalue weighted by Crippen LogP contribution is -2.14. The first kappa shape index (κ1) is 41.8. The van der Waals surface area contributed by atoms with Crippen molar-refractivity contribution in [3.63, 3.8) is 0 Å².